The molecule has 1 fully saturated rings. The summed E-state index contributed by atoms with van der Waals surface area (Å²) in [4.78, 5) is 10.3. The van der Waals surface area contributed by atoms with Crippen molar-refractivity contribution in [3.05, 3.63) is 71.5 Å². The van der Waals surface area contributed by atoms with Crippen LogP contribution in [0.15, 0.2) is 48.7 Å². The summed E-state index contributed by atoms with van der Waals surface area (Å²) in [6.45, 7) is 8.65. The molecular weight excluding hydrogens is 429 g/mol. The third kappa shape index (κ3) is 3.75. The van der Waals surface area contributed by atoms with Gasteiger partial charge in [-0.05, 0) is 42.7 Å². The van der Waals surface area contributed by atoms with Gasteiger partial charge in [0.1, 0.15) is 11.6 Å². The summed E-state index contributed by atoms with van der Waals surface area (Å²) in [6.07, 6.45) is 3.45. The van der Waals surface area contributed by atoms with E-state index in [-0.39, 0.29) is 11.7 Å². The first-order valence-electron chi connectivity index (χ1n) is 11.0. The zero-order chi connectivity index (χ0) is 23.8. The standard InChI is InChI=1S/C26H22FN7/c1-30-22-5-3-17(12-21(22)27)26-25(16-4-6-23-19(11-16)15-31-33(23)2)18(14-28)13-24(32-26)34-9-7-20(29)8-10-34/h3-6,11-13,15,20H,7-10,29H2,2H3. The monoisotopic (exact) mass is 451 g/mol. The number of aromatic nitrogens is 3. The molecule has 0 aliphatic carbocycles. The van der Waals surface area contributed by atoms with E-state index in [0.717, 1.165) is 42.4 Å². The summed E-state index contributed by atoms with van der Waals surface area (Å²) in [6, 6.07) is 14.6. The van der Waals surface area contributed by atoms with Crippen molar-refractivity contribution in [3.8, 4) is 28.5 Å². The van der Waals surface area contributed by atoms with Gasteiger partial charge in [-0.3, -0.25) is 4.68 Å². The zero-order valence-electron chi connectivity index (χ0n) is 18.7. The van der Waals surface area contributed by atoms with Crippen LogP contribution in [-0.4, -0.2) is 33.9 Å². The number of nitrogens with zero attached hydrogens (tertiary/aromatic N) is 6. The number of nitriles is 1. The summed E-state index contributed by atoms with van der Waals surface area (Å²) < 4.78 is 16.4. The number of anilines is 1. The fraction of sp³-hybridized carbons (Fsp3) is 0.231. The molecule has 0 amide bonds. The Kier molecular flexibility index (Phi) is 5.45. The second-order valence-electron chi connectivity index (χ2n) is 8.51. The number of rotatable bonds is 3. The van der Waals surface area contributed by atoms with Crippen LogP contribution in [0.4, 0.5) is 15.9 Å². The molecule has 34 heavy (non-hydrogen) atoms. The third-order valence-corrected chi connectivity index (χ3v) is 6.37. The Morgan fingerprint density at radius 1 is 1.15 bits per heavy atom. The first-order chi connectivity index (χ1) is 16.5. The molecule has 7 nitrogen and oxygen atoms in total. The van der Waals surface area contributed by atoms with Gasteiger partial charge in [0.15, 0.2) is 0 Å². The molecule has 8 heteroatoms. The molecule has 2 N–H and O–H groups in total. The molecule has 0 saturated carbocycles. The molecule has 2 aromatic heterocycles. The van der Waals surface area contributed by atoms with E-state index in [1.165, 1.54) is 12.1 Å². The summed E-state index contributed by atoms with van der Waals surface area (Å²) in [5.41, 5.74) is 9.87. The molecule has 0 bridgehead atoms. The molecule has 1 aliphatic rings. The average Bonchev–Trinajstić information content (AvgIpc) is 3.23. The van der Waals surface area contributed by atoms with Crippen LogP contribution < -0.4 is 10.6 Å². The first kappa shape index (κ1) is 21.6. The fourth-order valence-electron chi connectivity index (χ4n) is 4.48. The maximum Gasteiger partial charge on any atom is 0.222 e. The topological polar surface area (TPSA) is 88.1 Å². The van der Waals surface area contributed by atoms with Crippen molar-refractivity contribution in [1.82, 2.24) is 14.8 Å². The van der Waals surface area contributed by atoms with Gasteiger partial charge in [-0.2, -0.15) is 10.4 Å². The Labute approximate surface area is 196 Å². The molecule has 4 aromatic rings. The Balaban J connectivity index is 1.74. The number of hydrogen-bond acceptors (Lipinski definition) is 5. The van der Waals surface area contributed by atoms with Crippen molar-refractivity contribution < 1.29 is 4.39 Å². The molecule has 1 saturated heterocycles. The number of aryl methyl sites for hydroxylation is 1. The zero-order valence-corrected chi connectivity index (χ0v) is 18.7. The highest BCUT2D eigenvalue weighted by Gasteiger charge is 2.23. The van der Waals surface area contributed by atoms with Gasteiger partial charge in [-0.15, -0.1) is 0 Å². The molecular formula is C26H22FN7. The predicted molar refractivity (Wildman–Crippen MR) is 130 cm³/mol. The maximum atomic E-state index is 14.6. The van der Waals surface area contributed by atoms with E-state index in [0.29, 0.717) is 28.2 Å². The second-order valence-corrected chi connectivity index (χ2v) is 8.51. The van der Waals surface area contributed by atoms with Gasteiger partial charge in [0.05, 0.1) is 35.6 Å². The minimum Gasteiger partial charge on any atom is -0.356 e. The van der Waals surface area contributed by atoms with Crippen molar-refractivity contribution >= 4 is 22.4 Å². The quantitative estimate of drug-likeness (QED) is 0.453. The van der Waals surface area contributed by atoms with Crippen molar-refractivity contribution in [2.45, 2.75) is 18.9 Å². The minimum atomic E-state index is -0.615. The molecule has 3 heterocycles. The van der Waals surface area contributed by atoms with Crippen LogP contribution in [0.2, 0.25) is 0 Å². The molecule has 5 rings (SSSR count). The number of pyridine rings is 1. The second kappa shape index (κ2) is 8.58. The first-order valence-corrected chi connectivity index (χ1v) is 11.0. The molecule has 0 atom stereocenters. The highest BCUT2D eigenvalue weighted by molar-refractivity contribution is 5.92. The number of halogens is 1. The molecule has 0 spiro atoms. The van der Waals surface area contributed by atoms with Crippen LogP contribution in [-0.2, 0) is 7.05 Å². The Morgan fingerprint density at radius 3 is 2.62 bits per heavy atom. The van der Waals surface area contributed by atoms with Crippen molar-refractivity contribution in [3.63, 3.8) is 0 Å². The lowest BCUT2D eigenvalue weighted by atomic mass is 9.93. The minimum absolute atomic E-state index is 0.0521. The van der Waals surface area contributed by atoms with Crippen LogP contribution in [0.25, 0.3) is 38.1 Å². The van der Waals surface area contributed by atoms with E-state index in [9.17, 15) is 9.65 Å². The number of fused-ring (bicyclic) bond motifs is 1. The van der Waals surface area contributed by atoms with Gasteiger partial charge < -0.3 is 10.6 Å². The van der Waals surface area contributed by atoms with Crippen molar-refractivity contribution in [1.29, 1.82) is 5.26 Å². The van der Waals surface area contributed by atoms with E-state index in [1.54, 1.807) is 23.0 Å². The van der Waals surface area contributed by atoms with E-state index in [2.05, 4.69) is 20.9 Å². The van der Waals surface area contributed by atoms with Gasteiger partial charge in [0.2, 0.25) is 5.69 Å². The van der Waals surface area contributed by atoms with Gasteiger partial charge in [-0.1, -0.05) is 18.2 Å². The molecule has 1 aliphatic heterocycles. The smallest absolute Gasteiger partial charge is 0.222 e. The van der Waals surface area contributed by atoms with E-state index in [4.69, 9.17) is 17.3 Å². The highest BCUT2D eigenvalue weighted by Crippen LogP contribution is 2.38. The SMILES string of the molecule is [C-]#[N+]c1ccc(-c2nc(N3CCC(N)CC3)cc(C#N)c2-c2ccc3c(cnn3C)c2)cc1F. The van der Waals surface area contributed by atoms with Gasteiger partial charge in [0, 0.05) is 42.7 Å². The lowest BCUT2D eigenvalue weighted by molar-refractivity contribution is 0.499. The van der Waals surface area contributed by atoms with Gasteiger partial charge >= 0.3 is 0 Å². The summed E-state index contributed by atoms with van der Waals surface area (Å²) in [5, 5.41) is 15.4. The predicted octanol–water partition coefficient (Wildman–Crippen LogP) is 4.79. The third-order valence-electron chi connectivity index (χ3n) is 6.37. The molecule has 2 aromatic carbocycles. The van der Waals surface area contributed by atoms with Crippen LogP contribution in [0.3, 0.4) is 0 Å². The Hall–Kier alpha value is -4.27. The Bertz CT molecular complexity index is 1480. The average molecular weight is 452 g/mol. The summed E-state index contributed by atoms with van der Waals surface area (Å²) in [7, 11) is 1.87. The van der Waals surface area contributed by atoms with Crippen LogP contribution >= 0.6 is 0 Å². The van der Waals surface area contributed by atoms with E-state index in [1.807, 2.05) is 25.2 Å². The lowest BCUT2D eigenvalue weighted by Gasteiger charge is -2.31. The van der Waals surface area contributed by atoms with Gasteiger partial charge in [0.25, 0.3) is 0 Å². The Morgan fingerprint density at radius 2 is 1.91 bits per heavy atom. The number of piperidine rings is 1. The maximum absolute atomic E-state index is 14.6. The number of benzene rings is 2. The van der Waals surface area contributed by atoms with Crippen LogP contribution in [0.1, 0.15) is 18.4 Å². The highest BCUT2D eigenvalue weighted by atomic mass is 19.1. The number of hydrogen-bond donors (Lipinski definition) is 1. The normalized spacial score (nSPS) is 14.2. The molecule has 0 radical (unpaired) electrons. The lowest BCUT2D eigenvalue weighted by Crippen LogP contribution is -2.40. The van der Waals surface area contributed by atoms with Crippen LogP contribution in [0.5, 0.6) is 0 Å². The van der Waals surface area contributed by atoms with Crippen molar-refractivity contribution in [2.75, 3.05) is 18.0 Å². The summed E-state index contributed by atoms with van der Waals surface area (Å²) >= 11 is 0. The fourth-order valence-corrected chi connectivity index (χ4v) is 4.48. The van der Waals surface area contributed by atoms with E-state index >= 15 is 0 Å². The van der Waals surface area contributed by atoms with Gasteiger partial charge in [-0.25, -0.2) is 14.2 Å². The molecule has 168 valence electrons. The largest absolute Gasteiger partial charge is 0.356 e. The van der Waals surface area contributed by atoms with Crippen LogP contribution in [0, 0.1) is 23.7 Å². The molecule has 0 unspecified atom stereocenters. The summed E-state index contributed by atoms with van der Waals surface area (Å²) in [5.74, 6) is 0.0511. The van der Waals surface area contributed by atoms with E-state index < -0.39 is 5.82 Å². The van der Waals surface area contributed by atoms with Crippen molar-refractivity contribution in [2.24, 2.45) is 12.8 Å². The number of nitrogens with two attached hydrogens (primary N) is 1.